The molecule has 0 aliphatic heterocycles. The second-order valence-electron chi connectivity index (χ2n) is 2.67. The highest BCUT2D eigenvalue weighted by Crippen LogP contribution is 1.83. The first-order valence-corrected chi connectivity index (χ1v) is 4.31. The molecule has 13 heavy (non-hydrogen) atoms. The van der Waals surface area contributed by atoms with Crippen molar-refractivity contribution in [2.24, 2.45) is 0 Å². The van der Waals surface area contributed by atoms with E-state index in [0.29, 0.717) is 19.5 Å². The van der Waals surface area contributed by atoms with Crippen molar-refractivity contribution in [1.82, 2.24) is 15.5 Å². The average Bonchev–Trinajstić information content (AvgIpc) is 2.15. The maximum absolute atomic E-state index is 11.1. The molecule has 0 aromatic rings. The van der Waals surface area contributed by atoms with E-state index in [4.69, 9.17) is 0 Å². The molecule has 5 nitrogen and oxygen atoms in total. The Labute approximate surface area is 78.5 Å². The molecule has 3 amide bonds. The monoisotopic (exact) mass is 187 g/mol. The second-order valence-corrected chi connectivity index (χ2v) is 2.67. The lowest BCUT2D eigenvalue weighted by atomic mass is 10.4. The summed E-state index contributed by atoms with van der Waals surface area (Å²) in [7, 11) is 3.28. The van der Waals surface area contributed by atoms with Gasteiger partial charge in [0.05, 0.1) is 0 Å². The van der Waals surface area contributed by atoms with Crippen LogP contribution < -0.4 is 10.6 Å². The molecule has 76 valence electrons. The van der Waals surface area contributed by atoms with Crippen molar-refractivity contribution >= 4 is 11.9 Å². The van der Waals surface area contributed by atoms with Crippen LogP contribution in [0.5, 0.6) is 0 Å². The summed E-state index contributed by atoms with van der Waals surface area (Å²) in [6.07, 6.45) is 0.319. The van der Waals surface area contributed by atoms with Gasteiger partial charge < -0.3 is 15.5 Å². The lowest BCUT2D eigenvalue weighted by Crippen LogP contribution is -2.38. The zero-order chi connectivity index (χ0) is 10.3. The van der Waals surface area contributed by atoms with E-state index in [2.05, 4.69) is 10.6 Å². The van der Waals surface area contributed by atoms with E-state index in [-0.39, 0.29) is 11.9 Å². The van der Waals surface area contributed by atoms with Crippen LogP contribution >= 0.6 is 0 Å². The Morgan fingerprint density at radius 1 is 1.38 bits per heavy atom. The van der Waals surface area contributed by atoms with Crippen molar-refractivity contribution in [2.45, 2.75) is 13.3 Å². The Hall–Kier alpha value is -1.26. The number of urea groups is 1. The van der Waals surface area contributed by atoms with Crippen molar-refractivity contribution in [3.05, 3.63) is 0 Å². The van der Waals surface area contributed by atoms with Gasteiger partial charge in [0.2, 0.25) is 5.91 Å². The normalized spacial score (nSPS) is 9.15. The standard InChI is InChI=1S/C8H17N3O2/c1-4-11(3)8(13)10-6-5-7(12)9-2/h4-6H2,1-3H3,(H,9,12)(H,10,13). The molecule has 0 radical (unpaired) electrons. The highest BCUT2D eigenvalue weighted by molar-refractivity contribution is 5.77. The van der Waals surface area contributed by atoms with E-state index in [1.807, 2.05) is 6.92 Å². The molecule has 2 N–H and O–H groups in total. The minimum Gasteiger partial charge on any atom is -0.359 e. The van der Waals surface area contributed by atoms with Gasteiger partial charge in [0.25, 0.3) is 0 Å². The van der Waals surface area contributed by atoms with E-state index in [1.54, 1.807) is 19.0 Å². The van der Waals surface area contributed by atoms with Gasteiger partial charge in [0, 0.05) is 33.6 Å². The molecule has 0 aromatic heterocycles. The van der Waals surface area contributed by atoms with Gasteiger partial charge in [-0.25, -0.2) is 4.79 Å². The molecule has 0 fully saturated rings. The Morgan fingerprint density at radius 2 is 2.00 bits per heavy atom. The zero-order valence-corrected chi connectivity index (χ0v) is 8.39. The molecule has 0 saturated carbocycles. The van der Waals surface area contributed by atoms with Crippen molar-refractivity contribution in [2.75, 3.05) is 27.2 Å². The molecule has 0 atom stereocenters. The predicted octanol–water partition coefficient (Wildman–Crippen LogP) is -0.216. The molecule has 0 aliphatic carbocycles. The maximum atomic E-state index is 11.1. The largest absolute Gasteiger partial charge is 0.359 e. The van der Waals surface area contributed by atoms with Crippen LogP contribution in [0.3, 0.4) is 0 Å². The minimum absolute atomic E-state index is 0.0700. The summed E-state index contributed by atoms with van der Waals surface area (Å²) in [5.41, 5.74) is 0. The van der Waals surface area contributed by atoms with Crippen LogP contribution in [0, 0.1) is 0 Å². The lowest BCUT2D eigenvalue weighted by molar-refractivity contribution is -0.120. The van der Waals surface area contributed by atoms with Crippen LogP contribution in [-0.2, 0) is 4.79 Å². The quantitative estimate of drug-likeness (QED) is 0.639. The topological polar surface area (TPSA) is 61.4 Å². The number of carbonyl (C=O) groups excluding carboxylic acids is 2. The Morgan fingerprint density at radius 3 is 2.46 bits per heavy atom. The number of nitrogens with zero attached hydrogens (tertiary/aromatic N) is 1. The molecule has 0 heterocycles. The smallest absolute Gasteiger partial charge is 0.317 e. The summed E-state index contributed by atoms with van der Waals surface area (Å²) in [4.78, 5) is 23.4. The van der Waals surface area contributed by atoms with Gasteiger partial charge in [-0.05, 0) is 6.92 Å². The third-order valence-electron chi connectivity index (χ3n) is 1.73. The van der Waals surface area contributed by atoms with Gasteiger partial charge in [-0.2, -0.15) is 0 Å². The van der Waals surface area contributed by atoms with Crippen molar-refractivity contribution < 1.29 is 9.59 Å². The second kappa shape index (κ2) is 6.28. The molecule has 0 unspecified atom stereocenters. The average molecular weight is 187 g/mol. The summed E-state index contributed by atoms with van der Waals surface area (Å²) in [5.74, 6) is -0.0700. The fourth-order valence-electron chi connectivity index (χ4n) is 0.687. The van der Waals surface area contributed by atoms with E-state index < -0.39 is 0 Å². The summed E-state index contributed by atoms with van der Waals surface area (Å²) >= 11 is 0. The molecule has 0 aliphatic rings. The third-order valence-corrected chi connectivity index (χ3v) is 1.73. The van der Waals surface area contributed by atoms with E-state index in [0.717, 1.165) is 0 Å². The van der Waals surface area contributed by atoms with Crippen molar-refractivity contribution in [3.8, 4) is 0 Å². The minimum atomic E-state index is -0.147. The molecular formula is C8H17N3O2. The molecule has 0 aromatic carbocycles. The van der Waals surface area contributed by atoms with Gasteiger partial charge in [0.1, 0.15) is 0 Å². The van der Waals surface area contributed by atoms with Gasteiger partial charge in [-0.15, -0.1) is 0 Å². The third kappa shape index (κ3) is 5.05. The van der Waals surface area contributed by atoms with Gasteiger partial charge in [-0.3, -0.25) is 4.79 Å². The van der Waals surface area contributed by atoms with Crippen LogP contribution in [0.4, 0.5) is 4.79 Å². The summed E-state index contributed by atoms with van der Waals surface area (Å²) in [5, 5.41) is 5.10. The van der Waals surface area contributed by atoms with Crippen LogP contribution in [-0.4, -0.2) is 44.0 Å². The van der Waals surface area contributed by atoms with Crippen molar-refractivity contribution in [1.29, 1.82) is 0 Å². The van der Waals surface area contributed by atoms with Gasteiger partial charge >= 0.3 is 6.03 Å². The van der Waals surface area contributed by atoms with Crippen LogP contribution in [0.2, 0.25) is 0 Å². The van der Waals surface area contributed by atoms with Crippen LogP contribution in [0.25, 0.3) is 0 Å². The fourth-order valence-corrected chi connectivity index (χ4v) is 0.687. The Bertz CT molecular complexity index is 182. The van der Waals surface area contributed by atoms with Crippen LogP contribution in [0.15, 0.2) is 0 Å². The summed E-state index contributed by atoms with van der Waals surface area (Å²) in [6, 6.07) is -0.147. The Kier molecular flexibility index (Phi) is 5.67. The molecule has 0 rings (SSSR count). The highest BCUT2D eigenvalue weighted by atomic mass is 16.2. The van der Waals surface area contributed by atoms with E-state index >= 15 is 0 Å². The molecular weight excluding hydrogens is 170 g/mol. The first-order valence-electron chi connectivity index (χ1n) is 4.31. The van der Waals surface area contributed by atoms with E-state index in [1.165, 1.54) is 0 Å². The number of amides is 3. The summed E-state index contributed by atoms with van der Waals surface area (Å²) < 4.78 is 0. The number of nitrogens with one attached hydrogen (secondary N) is 2. The maximum Gasteiger partial charge on any atom is 0.317 e. The Balaban J connectivity index is 3.53. The molecule has 5 heteroatoms. The number of rotatable bonds is 4. The van der Waals surface area contributed by atoms with Crippen molar-refractivity contribution in [3.63, 3.8) is 0 Å². The lowest BCUT2D eigenvalue weighted by Gasteiger charge is -2.14. The van der Waals surface area contributed by atoms with Gasteiger partial charge in [-0.1, -0.05) is 0 Å². The summed E-state index contributed by atoms with van der Waals surface area (Å²) in [6.45, 7) is 2.92. The number of hydrogen-bond donors (Lipinski definition) is 2. The van der Waals surface area contributed by atoms with Gasteiger partial charge in [0.15, 0.2) is 0 Å². The molecule has 0 saturated heterocycles. The first kappa shape index (κ1) is 11.7. The van der Waals surface area contributed by atoms with Crippen LogP contribution in [0.1, 0.15) is 13.3 Å². The highest BCUT2D eigenvalue weighted by Gasteiger charge is 2.05. The van der Waals surface area contributed by atoms with E-state index in [9.17, 15) is 9.59 Å². The predicted molar refractivity (Wildman–Crippen MR) is 50.4 cm³/mol. The number of carbonyl (C=O) groups is 2. The zero-order valence-electron chi connectivity index (χ0n) is 8.39. The SMILES string of the molecule is CCN(C)C(=O)NCCC(=O)NC. The molecule has 0 bridgehead atoms. The fraction of sp³-hybridized carbons (Fsp3) is 0.750. The molecule has 0 spiro atoms. The number of hydrogen-bond acceptors (Lipinski definition) is 2. The first-order chi connectivity index (χ1) is 6.11.